The predicted octanol–water partition coefficient (Wildman–Crippen LogP) is 1.95. The first kappa shape index (κ1) is 15.4. The smallest absolute Gasteiger partial charge is 0.270 e. The Labute approximate surface area is 122 Å². The summed E-state index contributed by atoms with van der Waals surface area (Å²) >= 11 is 0. The van der Waals surface area contributed by atoms with Gasteiger partial charge in [-0.1, -0.05) is 0 Å². The third-order valence-electron chi connectivity index (χ3n) is 3.80. The maximum absolute atomic E-state index is 13.8. The molecule has 1 atom stereocenters. The number of halogens is 1. The van der Waals surface area contributed by atoms with Gasteiger partial charge in [0.25, 0.3) is 11.6 Å². The molecule has 0 aromatic heterocycles. The van der Waals surface area contributed by atoms with Crippen LogP contribution in [0.1, 0.15) is 29.6 Å². The molecule has 7 heteroatoms. The highest BCUT2D eigenvalue weighted by atomic mass is 19.1. The molecule has 0 radical (unpaired) electrons. The van der Waals surface area contributed by atoms with E-state index in [1.165, 1.54) is 4.90 Å². The van der Waals surface area contributed by atoms with Crippen LogP contribution in [-0.4, -0.2) is 41.9 Å². The van der Waals surface area contributed by atoms with Gasteiger partial charge in [-0.15, -0.1) is 0 Å². The Morgan fingerprint density at radius 3 is 2.90 bits per heavy atom. The number of nitro benzene ring substituents is 1. The van der Waals surface area contributed by atoms with Gasteiger partial charge in [-0.25, -0.2) is 4.39 Å². The summed E-state index contributed by atoms with van der Waals surface area (Å²) < 4.78 is 13.8. The quantitative estimate of drug-likeness (QED) is 0.683. The highest BCUT2D eigenvalue weighted by Crippen LogP contribution is 2.21. The Hall–Kier alpha value is -2.02. The number of hydrogen-bond donors (Lipinski definition) is 1. The molecule has 6 nitrogen and oxygen atoms in total. The van der Waals surface area contributed by atoms with Gasteiger partial charge in [0.2, 0.25) is 0 Å². The molecule has 0 aliphatic carbocycles. The van der Waals surface area contributed by atoms with Gasteiger partial charge in [0.05, 0.1) is 10.5 Å². The number of rotatable bonds is 3. The second-order valence-electron chi connectivity index (χ2n) is 5.17. The Morgan fingerprint density at radius 2 is 2.19 bits per heavy atom. The predicted molar refractivity (Wildman–Crippen MR) is 75.7 cm³/mol. The summed E-state index contributed by atoms with van der Waals surface area (Å²) in [4.78, 5) is 24.0. The zero-order valence-electron chi connectivity index (χ0n) is 11.8. The fourth-order valence-corrected chi connectivity index (χ4v) is 2.53. The van der Waals surface area contributed by atoms with Crippen molar-refractivity contribution in [1.82, 2.24) is 10.2 Å². The van der Waals surface area contributed by atoms with Gasteiger partial charge < -0.3 is 10.2 Å². The third-order valence-corrected chi connectivity index (χ3v) is 3.80. The Morgan fingerprint density at radius 1 is 1.43 bits per heavy atom. The molecule has 1 unspecified atom stereocenters. The zero-order chi connectivity index (χ0) is 15.4. The molecular weight excluding hydrogens is 277 g/mol. The summed E-state index contributed by atoms with van der Waals surface area (Å²) in [6.45, 7) is 1.71. The molecule has 1 saturated heterocycles. The van der Waals surface area contributed by atoms with Gasteiger partial charge in [0, 0.05) is 25.2 Å². The van der Waals surface area contributed by atoms with Gasteiger partial charge in [0.1, 0.15) is 5.82 Å². The molecule has 2 rings (SSSR count). The lowest BCUT2D eigenvalue weighted by atomic mass is 10.1. The minimum atomic E-state index is -0.732. The van der Waals surface area contributed by atoms with E-state index in [-0.39, 0.29) is 17.3 Å². The number of carbonyl (C=O) groups excluding carboxylic acids is 1. The normalized spacial score (nSPS) is 18.9. The fraction of sp³-hybridized carbons (Fsp3) is 0.500. The summed E-state index contributed by atoms with van der Waals surface area (Å²) in [6, 6.07) is 3.05. The van der Waals surface area contributed by atoms with Gasteiger partial charge >= 0.3 is 0 Å². The highest BCUT2D eigenvalue weighted by Gasteiger charge is 2.25. The SMILES string of the molecule is CN(C(=O)c1cc([N+](=O)[O-])ccc1F)C1CCCNCC1. The number of nitrogens with zero attached hydrogens (tertiary/aromatic N) is 2. The second-order valence-corrected chi connectivity index (χ2v) is 5.17. The lowest BCUT2D eigenvalue weighted by molar-refractivity contribution is -0.384. The summed E-state index contributed by atoms with van der Waals surface area (Å²) in [6.07, 6.45) is 2.57. The van der Waals surface area contributed by atoms with E-state index in [0.717, 1.165) is 50.6 Å². The van der Waals surface area contributed by atoms with Gasteiger partial charge in [-0.3, -0.25) is 14.9 Å². The number of hydrogen-bond acceptors (Lipinski definition) is 4. The van der Waals surface area contributed by atoms with Crippen LogP contribution in [0, 0.1) is 15.9 Å². The van der Waals surface area contributed by atoms with Crippen LogP contribution in [0.15, 0.2) is 18.2 Å². The number of nitro groups is 1. The lowest BCUT2D eigenvalue weighted by Gasteiger charge is -2.27. The molecule has 1 aromatic carbocycles. The molecule has 0 saturated carbocycles. The van der Waals surface area contributed by atoms with Crippen LogP contribution in [0.5, 0.6) is 0 Å². The standard InChI is InChI=1S/C14H18FN3O3/c1-17(10-3-2-7-16-8-6-10)14(19)12-9-11(18(20)21)4-5-13(12)15/h4-5,9-10,16H,2-3,6-8H2,1H3. The summed E-state index contributed by atoms with van der Waals surface area (Å²) in [7, 11) is 1.62. The van der Waals surface area contributed by atoms with Crippen LogP contribution in [-0.2, 0) is 0 Å². The van der Waals surface area contributed by atoms with Crippen molar-refractivity contribution in [3.63, 3.8) is 0 Å². The van der Waals surface area contributed by atoms with E-state index in [2.05, 4.69) is 5.32 Å². The zero-order valence-corrected chi connectivity index (χ0v) is 11.8. The second kappa shape index (κ2) is 6.62. The first-order valence-corrected chi connectivity index (χ1v) is 6.92. The average Bonchev–Trinajstić information content (AvgIpc) is 2.75. The van der Waals surface area contributed by atoms with Crippen LogP contribution in [0.3, 0.4) is 0 Å². The van der Waals surface area contributed by atoms with E-state index in [1.807, 2.05) is 0 Å². The maximum Gasteiger partial charge on any atom is 0.270 e. The van der Waals surface area contributed by atoms with Crippen LogP contribution in [0.25, 0.3) is 0 Å². The van der Waals surface area contributed by atoms with E-state index >= 15 is 0 Å². The molecule has 1 heterocycles. The molecule has 1 aromatic rings. The molecule has 1 amide bonds. The molecule has 1 N–H and O–H groups in total. The molecule has 114 valence electrons. The Balaban J connectivity index is 2.21. The van der Waals surface area contributed by atoms with Crippen LogP contribution in [0.4, 0.5) is 10.1 Å². The van der Waals surface area contributed by atoms with Crippen molar-refractivity contribution in [1.29, 1.82) is 0 Å². The molecule has 21 heavy (non-hydrogen) atoms. The molecular formula is C14H18FN3O3. The number of non-ortho nitro benzene ring substituents is 1. The van der Waals surface area contributed by atoms with Crippen molar-refractivity contribution in [2.24, 2.45) is 0 Å². The Bertz CT molecular complexity index is 542. The maximum atomic E-state index is 13.8. The highest BCUT2D eigenvalue weighted by molar-refractivity contribution is 5.95. The Kier molecular flexibility index (Phi) is 4.85. The van der Waals surface area contributed by atoms with Crippen molar-refractivity contribution in [2.75, 3.05) is 20.1 Å². The largest absolute Gasteiger partial charge is 0.339 e. The van der Waals surface area contributed by atoms with Crippen LogP contribution < -0.4 is 5.32 Å². The summed E-state index contributed by atoms with van der Waals surface area (Å²) in [5, 5.41) is 14.0. The van der Waals surface area contributed by atoms with E-state index in [4.69, 9.17) is 0 Å². The van der Waals surface area contributed by atoms with E-state index in [0.29, 0.717) is 0 Å². The van der Waals surface area contributed by atoms with Crippen molar-refractivity contribution >= 4 is 11.6 Å². The number of nitrogens with one attached hydrogen (secondary N) is 1. The topological polar surface area (TPSA) is 75.5 Å². The molecule has 0 spiro atoms. The van der Waals surface area contributed by atoms with Gasteiger partial charge in [0.15, 0.2) is 0 Å². The van der Waals surface area contributed by atoms with E-state index < -0.39 is 16.6 Å². The summed E-state index contributed by atoms with van der Waals surface area (Å²) in [5.41, 5.74) is -0.528. The van der Waals surface area contributed by atoms with E-state index in [9.17, 15) is 19.3 Å². The lowest BCUT2D eigenvalue weighted by Crippen LogP contribution is -2.38. The van der Waals surface area contributed by atoms with Crippen molar-refractivity contribution in [3.8, 4) is 0 Å². The molecule has 1 aliphatic heterocycles. The minimum absolute atomic E-state index is 0.0196. The monoisotopic (exact) mass is 295 g/mol. The van der Waals surface area contributed by atoms with Crippen molar-refractivity contribution in [3.05, 3.63) is 39.7 Å². The fourth-order valence-electron chi connectivity index (χ4n) is 2.53. The van der Waals surface area contributed by atoms with Gasteiger partial charge in [-0.05, 0) is 38.4 Å². The van der Waals surface area contributed by atoms with Crippen molar-refractivity contribution in [2.45, 2.75) is 25.3 Å². The van der Waals surface area contributed by atoms with E-state index in [1.54, 1.807) is 7.05 Å². The number of carbonyl (C=O) groups is 1. The molecule has 1 fully saturated rings. The number of benzene rings is 1. The van der Waals surface area contributed by atoms with Crippen LogP contribution >= 0.6 is 0 Å². The minimum Gasteiger partial charge on any atom is -0.339 e. The first-order valence-electron chi connectivity index (χ1n) is 6.92. The summed E-state index contributed by atoms with van der Waals surface area (Å²) in [5.74, 6) is -1.24. The first-order chi connectivity index (χ1) is 10.0. The van der Waals surface area contributed by atoms with Gasteiger partial charge in [-0.2, -0.15) is 0 Å². The third kappa shape index (κ3) is 3.55. The number of amides is 1. The average molecular weight is 295 g/mol. The van der Waals surface area contributed by atoms with Crippen LogP contribution in [0.2, 0.25) is 0 Å². The molecule has 1 aliphatic rings. The van der Waals surface area contributed by atoms with Crippen molar-refractivity contribution < 1.29 is 14.1 Å². The molecule has 0 bridgehead atoms.